The van der Waals surface area contributed by atoms with Gasteiger partial charge in [-0.3, -0.25) is 4.79 Å². The van der Waals surface area contributed by atoms with Crippen LogP contribution < -0.4 is 5.32 Å². The first-order valence-corrected chi connectivity index (χ1v) is 4.67. The summed E-state index contributed by atoms with van der Waals surface area (Å²) in [4.78, 5) is 22.1. The molecule has 0 aromatic carbocycles. The molecule has 0 bridgehead atoms. The molecule has 1 atom stereocenters. The number of hydrogen-bond donors (Lipinski definition) is 1. The van der Waals surface area contributed by atoms with Crippen LogP contribution in [0.5, 0.6) is 0 Å². The lowest BCUT2D eigenvalue weighted by Crippen LogP contribution is -2.28. The number of Topliss-reactive ketones (excluding diaryl/α,β-unsaturated/α-hetero) is 1. The van der Waals surface area contributed by atoms with Gasteiger partial charge in [-0.15, -0.1) is 0 Å². The standard InChI is InChI=1S/C9H15NO3/c1-2-13-9(12)8(11)6-7-4-3-5-10-7/h7,10H,2-6H2,1H3. The predicted octanol–water partition coefficient (Wildman–Crippen LogP) is 0.261. The number of hydrogen-bond acceptors (Lipinski definition) is 4. The van der Waals surface area contributed by atoms with Crippen molar-refractivity contribution in [2.75, 3.05) is 13.2 Å². The lowest BCUT2D eigenvalue weighted by atomic mass is 10.1. The van der Waals surface area contributed by atoms with Gasteiger partial charge in [-0.25, -0.2) is 4.79 Å². The van der Waals surface area contributed by atoms with Gasteiger partial charge in [0.15, 0.2) is 0 Å². The first-order chi connectivity index (χ1) is 6.24. The number of carbonyl (C=O) groups is 2. The van der Waals surface area contributed by atoms with Crippen LogP contribution in [-0.2, 0) is 14.3 Å². The molecule has 1 rings (SSSR count). The second kappa shape index (κ2) is 4.97. The number of rotatable bonds is 4. The van der Waals surface area contributed by atoms with Crippen molar-refractivity contribution in [3.05, 3.63) is 0 Å². The molecule has 1 heterocycles. The van der Waals surface area contributed by atoms with E-state index in [9.17, 15) is 9.59 Å². The predicted molar refractivity (Wildman–Crippen MR) is 47.3 cm³/mol. The molecule has 13 heavy (non-hydrogen) atoms. The first-order valence-electron chi connectivity index (χ1n) is 4.67. The third kappa shape index (κ3) is 3.14. The van der Waals surface area contributed by atoms with Crippen LogP contribution in [0.2, 0.25) is 0 Å². The molecule has 4 nitrogen and oxygen atoms in total. The minimum absolute atomic E-state index is 0.178. The summed E-state index contributed by atoms with van der Waals surface area (Å²) in [5.74, 6) is -1.11. The average Bonchev–Trinajstić information content (AvgIpc) is 2.57. The van der Waals surface area contributed by atoms with Gasteiger partial charge >= 0.3 is 5.97 Å². The molecule has 1 aliphatic rings. The van der Waals surface area contributed by atoms with E-state index in [0.717, 1.165) is 19.4 Å². The Kier molecular flexibility index (Phi) is 3.89. The maximum absolute atomic E-state index is 11.2. The van der Waals surface area contributed by atoms with E-state index in [-0.39, 0.29) is 19.1 Å². The second-order valence-electron chi connectivity index (χ2n) is 3.14. The molecular weight excluding hydrogens is 170 g/mol. The van der Waals surface area contributed by atoms with Gasteiger partial charge in [0, 0.05) is 12.5 Å². The Balaban J connectivity index is 2.27. The van der Waals surface area contributed by atoms with Crippen LogP contribution >= 0.6 is 0 Å². The number of esters is 1. The van der Waals surface area contributed by atoms with Crippen LogP contribution in [0.15, 0.2) is 0 Å². The third-order valence-electron chi connectivity index (χ3n) is 2.10. The van der Waals surface area contributed by atoms with Gasteiger partial charge in [-0.2, -0.15) is 0 Å². The zero-order valence-electron chi connectivity index (χ0n) is 7.84. The topological polar surface area (TPSA) is 55.4 Å². The highest BCUT2D eigenvalue weighted by Crippen LogP contribution is 2.09. The fourth-order valence-corrected chi connectivity index (χ4v) is 1.45. The van der Waals surface area contributed by atoms with Crippen LogP contribution in [0.1, 0.15) is 26.2 Å². The Hall–Kier alpha value is -0.900. The van der Waals surface area contributed by atoms with Crippen LogP contribution in [0.4, 0.5) is 0 Å². The smallest absolute Gasteiger partial charge is 0.374 e. The van der Waals surface area contributed by atoms with Crippen molar-refractivity contribution in [1.29, 1.82) is 0 Å². The second-order valence-corrected chi connectivity index (χ2v) is 3.14. The third-order valence-corrected chi connectivity index (χ3v) is 2.10. The summed E-state index contributed by atoms with van der Waals surface area (Å²) in [6.07, 6.45) is 2.34. The zero-order valence-corrected chi connectivity index (χ0v) is 7.84. The fraction of sp³-hybridized carbons (Fsp3) is 0.778. The van der Waals surface area contributed by atoms with E-state index >= 15 is 0 Å². The maximum Gasteiger partial charge on any atom is 0.374 e. The maximum atomic E-state index is 11.2. The fourth-order valence-electron chi connectivity index (χ4n) is 1.45. The minimum Gasteiger partial charge on any atom is -0.460 e. The van der Waals surface area contributed by atoms with Crippen LogP contribution in [0.3, 0.4) is 0 Å². The van der Waals surface area contributed by atoms with Gasteiger partial charge in [-0.1, -0.05) is 0 Å². The largest absolute Gasteiger partial charge is 0.460 e. The summed E-state index contributed by atoms with van der Waals surface area (Å²) in [6, 6.07) is 0.178. The Morgan fingerprint density at radius 2 is 2.31 bits per heavy atom. The van der Waals surface area contributed by atoms with E-state index < -0.39 is 11.8 Å². The van der Waals surface area contributed by atoms with Gasteiger partial charge in [0.2, 0.25) is 5.78 Å². The summed E-state index contributed by atoms with van der Waals surface area (Å²) in [6.45, 7) is 2.91. The molecule has 4 heteroatoms. The van der Waals surface area contributed by atoms with Crippen LogP contribution in [0, 0.1) is 0 Å². The molecule has 0 amide bonds. The monoisotopic (exact) mass is 185 g/mol. The summed E-state index contributed by atoms with van der Waals surface area (Å²) in [7, 11) is 0. The quantitative estimate of drug-likeness (QED) is 0.504. The van der Waals surface area contributed by atoms with Crippen molar-refractivity contribution in [2.24, 2.45) is 0 Å². The van der Waals surface area contributed by atoms with Crippen LogP contribution in [-0.4, -0.2) is 30.9 Å². The molecule has 0 aromatic heterocycles. The number of nitrogens with one attached hydrogen (secondary N) is 1. The molecule has 0 radical (unpaired) electrons. The zero-order chi connectivity index (χ0) is 9.68. The number of ketones is 1. The van der Waals surface area contributed by atoms with Crippen molar-refractivity contribution >= 4 is 11.8 Å². The molecule has 1 saturated heterocycles. The van der Waals surface area contributed by atoms with E-state index in [4.69, 9.17) is 0 Å². The molecule has 74 valence electrons. The van der Waals surface area contributed by atoms with Crippen molar-refractivity contribution in [3.8, 4) is 0 Å². The molecule has 0 spiro atoms. The van der Waals surface area contributed by atoms with Crippen LogP contribution in [0.25, 0.3) is 0 Å². The lowest BCUT2D eigenvalue weighted by Gasteiger charge is -2.07. The summed E-state index contributed by atoms with van der Waals surface area (Å²) in [5.41, 5.74) is 0. The summed E-state index contributed by atoms with van der Waals surface area (Å²) < 4.78 is 4.60. The van der Waals surface area contributed by atoms with Crippen molar-refractivity contribution in [1.82, 2.24) is 5.32 Å². The summed E-state index contributed by atoms with van der Waals surface area (Å²) >= 11 is 0. The highest BCUT2D eigenvalue weighted by Gasteiger charge is 2.22. The Labute approximate surface area is 77.6 Å². The highest BCUT2D eigenvalue weighted by molar-refractivity contribution is 6.33. The Morgan fingerprint density at radius 3 is 2.85 bits per heavy atom. The summed E-state index contributed by atoms with van der Waals surface area (Å²) in [5, 5.41) is 3.16. The number of carbonyl (C=O) groups excluding carboxylic acids is 2. The van der Waals surface area contributed by atoms with E-state index in [0.29, 0.717) is 0 Å². The molecule has 0 saturated carbocycles. The molecule has 1 fully saturated rings. The molecule has 0 aromatic rings. The van der Waals surface area contributed by atoms with Crippen molar-refractivity contribution in [2.45, 2.75) is 32.2 Å². The minimum atomic E-state index is -0.698. The van der Waals surface area contributed by atoms with Gasteiger partial charge < -0.3 is 10.1 Å². The molecular formula is C9H15NO3. The molecule has 1 aliphatic heterocycles. The van der Waals surface area contributed by atoms with E-state index in [2.05, 4.69) is 10.1 Å². The Morgan fingerprint density at radius 1 is 1.54 bits per heavy atom. The molecule has 1 N–H and O–H groups in total. The first kappa shape index (κ1) is 10.2. The van der Waals surface area contributed by atoms with Gasteiger partial charge in [0.05, 0.1) is 6.61 Å². The van der Waals surface area contributed by atoms with Crippen molar-refractivity contribution < 1.29 is 14.3 Å². The van der Waals surface area contributed by atoms with Gasteiger partial charge in [-0.05, 0) is 26.3 Å². The average molecular weight is 185 g/mol. The van der Waals surface area contributed by atoms with Gasteiger partial charge in [0.1, 0.15) is 0 Å². The number of ether oxygens (including phenoxy) is 1. The normalized spacial score (nSPS) is 21.5. The van der Waals surface area contributed by atoms with Gasteiger partial charge in [0.25, 0.3) is 0 Å². The van der Waals surface area contributed by atoms with E-state index in [1.165, 1.54) is 0 Å². The lowest BCUT2D eigenvalue weighted by molar-refractivity contribution is -0.153. The SMILES string of the molecule is CCOC(=O)C(=O)CC1CCCN1. The Bertz CT molecular complexity index is 197. The van der Waals surface area contributed by atoms with Crippen molar-refractivity contribution in [3.63, 3.8) is 0 Å². The van der Waals surface area contributed by atoms with E-state index in [1.54, 1.807) is 6.92 Å². The molecule has 1 unspecified atom stereocenters. The molecule has 0 aliphatic carbocycles. The highest BCUT2D eigenvalue weighted by atomic mass is 16.5. The van der Waals surface area contributed by atoms with E-state index in [1.807, 2.05) is 0 Å².